The van der Waals surface area contributed by atoms with E-state index in [1.54, 1.807) is 28.4 Å². The third-order valence-corrected chi connectivity index (χ3v) is 6.63. The molecule has 0 saturated heterocycles. The van der Waals surface area contributed by atoms with Gasteiger partial charge >= 0.3 is 0 Å². The first-order valence-corrected chi connectivity index (χ1v) is 11.8. The summed E-state index contributed by atoms with van der Waals surface area (Å²) in [5.74, 6) is 0.504. The molecule has 1 unspecified atom stereocenters. The van der Waals surface area contributed by atoms with Crippen LogP contribution in [0.1, 0.15) is 18.9 Å². The van der Waals surface area contributed by atoms with Crippen molar-refractivity contribution in [3.8, 4) is 27.6 Å². The highest BCUT2D eigenvalue weighted by molar-refractivity contribution is 7.13. The number of thiazole rings is 1. The van der Waals surface area contributed by atoms with Gasteiger partial charge in [0.1, 0.15) is 10.8 Å². The number of aromatic nitrogens is 1. The zero-order valence-corrected chi connectivity index (χ0v) is 19.2. The van der Waals surface area contributed by atoms with Gasteiger partial charge < -0.3 is 9.64 Å². The topological polar surface area (TPSA) is 85.6 Å². The normalized spacial score (nSPS) is 15.0. The number of anilines is 1. The van der Waals surface area contributed by atoms with Gasteiger partial charge in [-0.3, -0.25) is 14.9 Å². The van der Waals surface area contributed by atoms with E-state index in [4.69, 9.17) is 9.72 Å². The standard InChI is InChI=1S/C26H21N3O4S/c1-2-23-26(30)28(15-17-8-11-20(12-9-17)29(31)32)22-14-19(10-13-24(22)33-23)21-16-34-25(27-21)18-6-4-3-5-7-18/h3-14,16,23H,2,15H2,1H3. The van der Waals surface area contributed by atoms with E-state index in [0.29, 0.717) is 24.4 Å². The Morgan fingerprint density at radius 2 is 1.82 bits per heavy atom. The smallest absolute Gasteiger partial charge is 0.269 e. The second kappa shape index (κ2) is 9.07. The van der Waals surface area contributed by atoms with Crippen molar-refractivity contribution in [3.63, 3.8) is 0 Å². The average Bonchev–Trinajstić information content (AvgIpc) is 3.36. The number of carbonyl (C=O) groups excluding carboxylic acids is 1. The molecule has 34 heavy (non-hydrogen) atoms. The molecule has 5 rings (SSSR count). The molecule has 4 aromatic rings. The van der Waals surface area contributed by atoms with Gasteiger partial charge in [-0.25, -0.2) is 4.98 Å². The number of nitro benzene ring substituents is 1. The first-order chi connectivity index (χ1) is 16.5. The van der Waals surface area contributed by atoms with Gasteiger partial charge in [0, 0.05) is 28.6 Å². The Labute approximate surface area is 200 Å². The monoisotopic (exact) mass is 471 g/mol. The molecule has 1 aromatic heterocycles. The fourth-order valence-electron chi connectivity index (χ4n) is 3.93. The van der Waals surface area contributed by atoms with E-state index in [-0.39, 0.29) is 11.6 Å². The van der Waals surface area contributed by atoms with Gasteiger partial charge in [-0.15, -0.1) is 11.3 Å². The van der Waals surface area contributed by atoms with Crippen molar-refractivity contribution in [2.75, 3.05) is 4.90 Å². The van der Waals surface area contributed by atoms with Crippen molar-refractivity contribution in [2.45, 2.75) is 26.0 Å². The summed E-state index contributed by atoms with van der Waals surface area (Å²) >= 11 is 1.57. The third kappa shape index (κ3) is 4.15. The van der Waals surface area contributed by atoms with E-state index in [1.165, 1.54) is 12.1 Å². The van der Waals surface area contributed by atoms with E-state index < -0.39 is 11.0 Å². The number of amides is 1. The predicted octanol–water partition coefficient (Wildman–Crippen LogP) is 6.09. The third-order valence-electron chi connectivity index (χ3n) is 5.74. The van der Waals surface area contributed by atoms with Gasteiger partial charge in [0.15, 0.2) is 6.10 Å². The molecular weight excluding hydrogens is 450 g/mol. The van der Waals surface area contributed by atoms with Gasteiger partial charge in [-0.2, -0.15) is 0 Å². The number of carbonyl (C=O) groups is 1. The predicted molar refractivity (Wildman–Crippen MR) is 132 cm³/mol. The number of nitrogens with zero attached hydrogens (tertiary/aromatic N) is 3. The molecular formula is C26H21N3O4S. The Bertz CT molecular complexity index is 1350. The Morgan fingerprint density at radius 3 is 2.53 bits per heavy atom. The van der Waals surface area contributed by atoms with Crippen molar-refractivity contribution in [1.29, 1.82) is 0 Å². The van der Waals surface area contributed by atoms with Crippen LogP contribution in [0.5, 0.6) is 5.75 Å². The molecule has 170 valence electrons. The SMILES string of the molecule is CCC1Oc2ccc(-c3csc(-c4ccccc4)n3)cc2N(Cc2ccc([N+](=O)[O-])cc2)C1=O. The van der Waals surface area contributed by atoms with Crippen LogP contribution in [-0.2, 0) is 11.3 Å². The molecule has 1 amide bonds. The van der Waals surface area contributed by atoms with Crippen molar-refractivity contribution < 1.29 is 14.5 Å². The molecule has 0 fully saturated rings. The highest BCUT2D eigenvalue weighted by atomic mass is 32.1. The molecule has 2 heterocycles. The fourth-order valence-corrected chi connectivity index (χ4v) is 4.77. The number of benzene rings is 3. The molecule has 0 N–H and O–H groups in total. The fraction of sp³-hybridized carbons (Fsp3) is 0.154. The van der Waals surface area contributed by atoms with Gasteiger partial charge in [0.2, 0.25) is 0 Å². The summed E-state index contributed by atoms with van der Waals surface area (Å²) in [5, 5.41) is 13.9. The lowest BCUT2D eigenvalue weighted by Crippen LogP contribution is -2.45. The molecule has 1 aliphatic rings. The summed E-state index contributed by atoms with van der Waals surface area (Å²) in [5.41, 5.74) is 4.25. The van der Waals surface area contributed by atoms with Crippen molar-refractivity contribution >= 4 is 28.6 Å². The number of hydrogen-bond donors (Lipinski definition) is 0. The van der Waals surface area contributed by atoms with Gasteiger partial charge in [-0.05, 0) is 30.2 Å². The van der Waals surface area contributed by atoms with Gasteiger partial charge in [0.05, 0.1) is 22.8 Å². The summed E-state index contributed by atoms with van der Waals surface area (Å²) in [7, 11) is 0. The van der Waals surface area contributed by atoms with Crippen LogP contribution in [0.25, 0.3) is 21.8 Å². The van der Waals surface area contributed by atoms with Crippen LogP contribution in [0.15, 0.2) is 78.2 Å². The van der Waals surface area contributed by atoms with Crippen LogP contribution in [0.3, 0.4) is 0 Å². The highest BCUT2D eigenvalue weighted by Gasteiger charge is 2.33. The number of ether oxygens (including phenoxy) is 1. The molecule has 0 saturated carbocycles. The second-order valence-electron chi connectivity index (χ2n) is 7.95. The number of non-ortho nitro benzene ring substituents is 1. The Balaban J connectivity index is 1.49. The van der Waals surface area contributed by atoms with E-state index in [1.807, 2.05) is 60.8 Å². The molecule has 0 radical (unpaired) electrons. The van der Waals surface area contributed by atoms with Gasteiger partial charge in [0.25, 0.3) is 11.6 Å². The van der Waals surface area contributed by atoms with E-state index >= 15 is 0 Å². The van der Waals surface area contributed by atoms with Crippen LogP contribution in [0.4, 0.5) is 11.4 Å². The molecule has 8 heteroatoms. The van der Waals surface area contributed by atoms with E-state index in [0.717, 1.165) is 27.4 Å². The average molecular weight is 472 g/mol. The molecule has 3 aromatic carbocycles. The summed E-state index contributed by atoms with van der Waals surface area (Å²) < 4.78 is 5.98. The minimum atomic E-state index is -0.569. The Kier molecular flexibility index (Phi) is 5.81. The van der Waals surface area contributed by atoms with Gasteiger partial charge in [-0.1, -0.05) is 49.4 Å². The molecule has 0 spiro atoms. The summed E-state index contributed by atoms with van der Waals surface area (Å²) in [6.07, 6.45) is -0.0242. The zero-order valence-electron chi connectivity index (χ0n) is 18.4. The number of hydrogen-bond acceptors (Lipinski definition) is 6. The largest absolute Gasteiger partial charge is 0.478 e. The lowest BCUT2D eigenvalue weighted by atomic mass is 10.1. The van der Waals surface area contributed by atoms with Crippen LogP contribution >= 0.6 is 11.3 Å². The Morgan fingerprint density at radius 1 is 1.06 bits per heavy atom. The second-order valence-corrected chi connectivity index (χ2v) is 8.81. The molecule has 0 aliphatic carbocycles. The van der Waals surface area contributed by atoms with Crippen LogP contribution in [0, 0.1) is 10.1 Å². The van der Waals surface area contributed by atoms with E-state index in [2.05, 4.69) is 0 Å². The first-order valence-electron chi connectivity index (χ1n) is 10.9. The minimum Gasteiger partial charge on any atom is -0.478 e. The number of fused-ring (bicyclic) bond motifs is 1. The number of nitro groups is 1. The highest BCUT2D eigenvalue weighted by Crippen LogP contribution is 2.39. The summed E-state index contributed by atoms with van der Waals surface area (Å²) in [6, 6.07) is 22.0. The first kappa shape index (κ1) is 21.8. The summed E-state index contributed by atoms with van der Waals surface area (Å²) in [4.78, 5) is 30.3. The van der Waals surface area contributed by atoms with Crippen LogP contribution < -0.4 is 9.64 Å². The maximum atomic E-state index is 13.2. The minimum absolute atomic E-state index is 0.0175. The van der Waals surface area contributed by atoms with Crippen molar-refractivity contribution in [1.82, 2.24) is 4.98 Å². The number of rotatable bonds is 6. The van der Waals surface area contributed by atoms with Crippen LogP contribution in [0.2, 0.25) is 0 Å². The Hall–Kier alpha value is -4.04. The lowest BCUT2D eigenvalue weighted by molar-refractivity contribution is -0.384. The lowest BCUT2D eigenvalue weighted by Gasteiger charge is -2.34. The molecule has 1 aliphatic heterocycles. The molecule has 0 bridgehead atoms. The summed E-state index contributed by atoms with van der Waals surface area (Å²) in [6.45, 7) is 2.20. The zero-order chi connectivity index (χ0) is 23.7. The van der Waals surface area contributed by atoms with Crippen molar-refractivity contribution in [2.24, 2.45) is 0 Å². The van der Waals surface area contributed by atoms with Crippen LogP contribution in [-0.4, -0.2) is 21.9 Å². The quantitative estimate of drug-likeness (QED) is 0.251. The van der Waals surface area contributed by atoms with E-state index in [9.17, 15) is 14.9 Å². The van der Waals surface area contributed by atoms with Crippen molar-refractivity contribution in [3.05, 3.63) is 93.9 Å². The maximum Gasteiger partial charge on any atom is 0.269 e. The molecule has 1 atom stereocenters. The molecule has 7 nitrogen and oxygen atoms in total. The maximum absolute atomic E-state index is 13.2.